The fourth-order valence-corrected chi connectivity index (χ4v) is 4.93. The Morgan fingerprint density at radius 2 is 1.86 bits per heavy atom. The van der Waals surface area contributed by atoms with Crippen LogP contribution in [0.3, 0.4) is 0 Å². The predicted molar refractivity (Wildman–Crippen MR) is 144 cm³/mol. The summed E-state index contributed by atoms with van der Waals surface area (Å²) in [6.45, 7) is 3.36. The van der Waals surface area contributed by atoms with Crippen LogP contribution in [0.4, 0.5) is 10.6 Å². The number of nitrogens with zero attached hydrogens (tertiary/aromatic N) is 3. The molecule has 1 saturated heterocycles. The molecule has 8 nitrogen and oxygen atoms in total. The highest BCUT2D eigenvalue weighted by Gasteiger charge is 2.33. The number of halogens is 3. The number of hydrogen-bond acceptors (Lipinski definition) is 6. The highest BCUT2D eigenvalue weighted by Crippen LogP contribution is 2.40. The van der Waals surface area contributed by atoms with Crippen LogP contribution in [0, 0.1) is 0 Å². The maximum absolute atomic E-state index is 11.2. The maximum atomic E-state index is 11.2. The van der Waals surface area contributed by atoms with Crippen LogP contribution >= 0.6 is 39.1 Å². The third-order valence-corrected chi connectivity index (χ3v) is 7.47. The molecule has 2 N–H and O–H groups in total. The normalized spacial score (nSPS) is 14.9. The monoisotopic (exact) mass is 594 g/mol. The van der Waals surface area contributed by atoms with Crippen molar-refractivity contribution in [2.24, 2.45) is 0 Å². The summed E-state index contributed by atoms with van der Waals surface area (Å²) in [5, 5.41) is 12.5. The van der Waals surface area contributed by atoms with E-state index in [1.807, 2.05) is 37.3 Å². The van der Waals surface area contributed by atoms with Crippen LogP contribution in [-0.2, 0) is 6.61 Å². The third-order valence-electron chi connectivity index (χ3n) is 6.12. The highest BCUT2D eigenvalue weighted by molar-refractivity contribution is 9.10. The molecule has 2 heterocycles. The van der Waals surface area contributed by atoms with Crippen LogP contribution in [0.2, 0.25) is 10.0 Å². The van der Waals surface area contributed by atoms with E-state index in [2.05, 4.69) is 26.1 Å². The minimum atomic E-state index is -1.02. The van der Waals surface area contributed by atoms with Gasteiger partial charge in [-0.25, -0.2) is 9.78 Å². The SMILES string of the molecule is COc1ccc(COc2nc(N3CCC(C)(NC(=O)O)CC3)c(Br)nc2-c2cccc(Cl)c2Cl)cc1. The number of carboxylic acid groups (broad SMARTS) is 1. The fourth-order valence-electron chi connectivity index (χ4n) is 4.02. The van der Waals surface area contributed by atoms with Crippen molar-refractivity contribution in [1.29, 1.82) is 0 Å². The Balaban J connectivity index is 1.66. The summed E-state index contributed by atoms with van der Waals surface area (Å²) in [4.78, 5) is 22.8. The van der Waals surface area contributed by atoms with Crippen LogP contribution in [0.5, 0.6) is 11.6 Å². The van der Waals surface area contributed by atoms with Crippen molar-refractivity contribution in [3.05, 3.63) is 62.7 Å². The van der Waals surface area contributed by atoms with Gasteiger partial charge >= 0.3 is 6.09 Å². The molecule has 2 aromatic carbocycles. The molecule has 1 aliphatic heterocycles. The number of anilines is 1. The minimum Gasteiger partial charge on any atom is -0.497 e. The maximum Gasteiger partial charge on any atom is 0.405 e. The predicted octanol–water partition coefficient (Wildman–Crippen LogP) is 6.43. The molecule has 0 atom stereocenters. The summed E-state index contributed by atoms with van der Waals surface area (Å²) in [7, 11) is 1.62. The molecule has 1 aliphatic rings. The molecule has 0 saturated carbocycles. The van der Waals surface area contributed by atoms with Crippen LogP contribution < -0.4 is 19.7 Å². The Hall–Kier alpha value is -2.75. The number of aromatic nitrogens is 2. The van der Waals surface area contributed by atoms with Crippen LogP contribution in [0.15, 0.2) is 47.1 Å². The van der Waals surface area contributed by atoms with Gasteiger partial charge in [0.15, 0.2) is 5.82 Å². The molecular weight excluding hydrogens is 571 g/mol. The van der Waals surface area contributed by atoms with Gasteiger partial charge in [0.05, 0.1) is 17.2 Å². The van der Waals surface area contributed by atoms with E-state index >= 15 is 0 Å². The van der Waals surface area contributed by atoms with Gasteiger partial charge in [-0.15, -0.1) is 0 Å². The van der Waals surface area contributed by atoms with Gasteiger partial charge in [0.25, 0.3) is 0 Å². The van der Waals surface area contributed by atoms with Crippen molar-refractivity contribution in [3.8, 4) is 22.9 Å². The van der Waals surface area contributed by atoms with Crippen LogP contribution in [0.1, 0.15) is 25.3 Å². The molecule has 1 fully saturated rings. The van der Waals surface area contributed by atoms with Gasteiger partial charge in [-0.2, -0.15) is 4.98 Å². The van der Waals surface area contributed by atoms with E-state index in [0.717, 1.165) is 11.3 Å². The van der Waals surface area contributed by atoms with Gasteiger partial charge in [-0.05, 0) is 59.5 Å². The highest BCUT2D eigenvalue weighted by atomic mass is 79.9. The van der Waals surface area contributed by atoms with E-state index in [1.54, 1.807) is 19.2 Å². The van der Waals surface area contributed by atoms with Crippen molar-refractivity contribution >= 4 is 51.0 Å². The third kappa shape index (κ3) is 5.96. The summed E-state index contributed by atoms with van der Waals surface area (Å²) in [6, 6.07) is 12.9. The summed E-state index contributed by atoms with van der Waals surface area (Å²) in [5.74, 6) is 1.68. The van der Waals surface area contributed by atoms with E-state index < -0.39 is 11.6 Å². The number of methoxy groups -OCH3 is 1. The van der Waals surface area contributed by atoms with Crippen molar-refractivity contribution < 1.29 is 19.4 Å². The number of hydrogen-bond donors (Lipinski definition) is 2. The molecule has 0 bridgehead atoms. The summed E-state index contributed by atoms with van der Waals surface area (Å²) in [5.41, 5.74) is 1.50. The van der Waals surface area contributed by atoms with E-state index in [1.165, 1.54) is 0 Å². The Kier molecular flexibility index (Phi) is 8.12. The van der Waals surface area contributed by atoms with Crippen molar-refractivity contribution in [2.45, 2.75) is 31.9 Å². The van der Waals surface area contributed by atoms with Gasteiger partial charge in [0.2, 0.25) is 5.88 Å². The van der Waals surface area contributed by atoms with E-state index in [9.17, 15) is 4.79 Å². The molecule has 190 valence electrons. The fraction of sp³-hybridized carbons (Fsp3) is 0.320. The molecule has 0 unspecified atom stereocenters. The summed E-state index contributed by atoms with van der Waals surface area (Å²) in [6.07, 6.45) is 0.221. The molecule has 0 spiro atoms. The molecule has 1 amide bonds. The summed E-state index contributed by atoms with van der Waals surface area (Å²) >= 11 is 16.4. The molecule has 11 heteroatoms. The van der Waals surface area contributed by atoms with E-state index in [0.29, 0.717) is 63.5 Å². The Labute approximate surface area is 227 Å². The number of ether oxygens (including phenoxy) is 2. The summed E-state index contributed by atoms with van der Waals surface area (Å²) < 4.78 is 11.9. The lowest BCUT2D eigenvalue weighted by atomic mass is 9.90. The first-order chi connectivity index (χ1) is 17.2. The van der Waals surface area contributed by atoms with Crippen LogP contribution in [0.25, 0.3) is 11.3 Å². The molecular formula is C25H25BrCl2N4O4. The van der Waals surface area contributed by atoms with Gasteiger partial charge in [0.1, 0.15) is 22.7 Å². The molecule has 4 rings (SSSR count). The van der Waals surface area contributed by atoms with Crippen molar-refractivity contribution in [2.75, 3.05) is 25.1 Å². The Morgan fingerprint density at radius 1 is 1.17 bits per heavy atom. The molecule has 36 heavy (non-hydrogen) atoms. The number of benzene rings is 2. The zero-order valence-electron chi connectivity index (χ0n) is 19.7. The van der Waals surface area contributed by atoms with Crippen molar-refractivity contribution in [3.63, 3.8) is 0 Å². The second-order valence-corrected chi connectivity index (χ2v) is 10.2. The smallest absolute Gasteiger partial charge is 0.405 e. The second kappa shape index (κ2) is 11.1. The first-order valence-electron chi connectivity index (χ1n) is 11.2. The van der Waals surface area contributed by atoms with Crippen LogP contribution in [-0.4, -0.2) is 46.9 Å². The lowest BCUT2D eigenvalue weighted by Gasteiger charge is -2.39. The minimum absolute atomic E-state index is 0.255. The largest absolute Gasteiger partial charge is 0.497 e. The van der Waals surface area contributed by atoms with Crippen molar-refractivity contribution in [1.82, 2.24) is 15.3 Å². The van der Waals surface area contributed by atoms with Gasteiger partial charge in [-0.1, -0.05) is 47.5 Å². The van der Waals surface area contributed by atoms with Gasteiger partial charge in [0, 0.05) is 24.2 Å². The zero-order chi connectivity index (χ0) is 25.9. The number of nitrogens with one attached hydrogen (secondary N) is 1. The average molecular weight is 596 g/mol. The number of amides is 1. The van der Waals surface area contributed by atoms with E-state index in [-0.39, 0.29) is 6.61 Å². The number of piperidine rings is 1. The zero-order valence-corrected chi connectivity index (χ0v) is 22.8. The lowest BCUT2D eigenvalue weighted by Crippen LogP contribution is -2.53. The number of rotatable bonds is 7. The molecule has 0 radical (unpaired) electrons. The first kappa shape index (κ1) is 26.3. The Morgan fingerprint density at radius 3 is 2.50 bits per heavy atom. The molecule has 3 aromatic rings. The molecule has 0 aliphatic carbocycles. The molecule has 1 aromatic heterocycles. The quantitative estimate of drug-likeness (QED) is 0.325. The lowest BCUT2D eigenvalue weighted by molar-refractivity contribution is 0.173. The van der Waals surface area contributed by atoms with Gasteiger partial charge in [-0.3, -0.25) is 0 Å². The second-order valence-electron chi connectivity index (χ2n) is 8.71. The topological polar surface area (TPSA) is 96.8 Å². The Bertz CT molecular complexity index is 1250. The first-order valence-corrected chi connectivity index (χ1v) is 12.8. The van der Waals surface area contributed by atoms with E-state index in [4.69, 9.17) is 47.8 Å². The van der Waals surface area contributed by atoms with Gasteiger partial charge < -0.3 is 24.8 Å². The standard InChI is InChI=1S/C25H25BrCl2N4O4/c1-25(31-24(33)34)10-12-32(13-11-25)22-21(26)29-20(17-4-3-5-18(27)19(17)28)23(30-22)36-14-15-6-8-16(35-2)9-7-15/h3-9,31H,10-14H2,1-2H3,(H,33,34). The number of carbonyl (C=O) groups is 1. The average Bonchev–Trinajstić information content (AvgIpc) is 2.85.